The topological polar surface area (TPSA) is 695 Å². The zero-order valence-corrected chi connectivity index (χ0v) is 60.0. The van der Waals surface area contributed by atoms with Crippen molar-refractivity contribution >= 4 is 117 Å². The van der Waals surface area contributed by atoms with Crippen molar-refractivity contribution in [1.82, 2.24) is 58.2 Å². The van der Waals surface area contributed by atoms with E-state index in [9.17, 15) is 82.4 Å². The Bertz CT molecular complexity index is 3260. The number of carbonyl (C=O) groups is 14. The summed E-state index contributed by atoms with van der Waals surface area (Å²) < 4.78 is 0. The fourth-order valence-electron chi connectivity index (χ4n) is 10.5. The Labute approximate surface area is 606 Å². The number of aromatic nitrogens is 1. The molecule has 2 aromatic rings. The number of hydrogen-bond donors (Lipinski definition) is 23. The van der Waals surface area contributed by atoms with Crippen LogP contribution in [-0.2, 0) is 73.5 Å². The Morgan fingerprint density at radius 3 is 1.37 bits per heavy atom. The van der Waals surface area contributed by atoms with Crippen LogP contribution in [-0.4, -0.2) is 226 Å². The minimum atomic E-state index is -2.03. The van der Waals surface area contributed by atoms with Gasteiger partial charge in [-0.15, -0.1) is 0 Å². The van der Waals surface area contributed by atoms with E-state index in [-0.39, 0.29) is 101 Å². The zero-order chi connectivity index (χ0) is 78.2. The molecule has 40 heteroatoms. The number of guanidine groups is 2. The van der Waals surface area contributed by atoms with Gasteiger partial charge in [0.05, 0.1) is 18.6 Å². The molecule has 0 unspecified atom stereocenters. The van der Waals surface area contributed by atoms with Crippen LogP contribution in [0.15, 0.2) is 40.4 Å². The second kappa shape index (κ2) is 48.1. The van der Waals surface area contributed by atoms with Gasteiger partial charge in [-0.25, -0.2) is 4.79 Å². The number of thioether (sulfide) groups is 1. The first kappa shape index (κ1) is 90.2. The molecule has 0 fully saturated rings. The van der Waals surface area contributed by atoms with Crippen LogP contribution in [0.25, 0.3) is 10.9 Å². The molecule has 0 aliphatic rings. The number of aliphatic carboxylic acids is 2. The molecule has 104 heavy (non-hydrogen) atoms. The van der Waals surface area contributed by atoms with Crippen LogP contribution in [0.1, 0.15) is 135 Å². The first-order chi connectivity index (χ1) is 49.1. The van der Waals surface area contributed by atoms with Gasteiger partial charge < -0.3 is 125 Å². The fourth-order valence-corrected chi connectivity index (χ4v) is 11.0. The number of aliphatic hydroxyl groups is 1. The highest BCUT2D eigenvalue weighted by atomic mass is 32.2. The first-order valence-electron chi connectivity index (χ1n) is 34.2. The quantitative estimate of drug-likeness (QED) is 0.0166. The summed E-state index contributed by atoms with van der Waals surface area (Å²) in [6.07, 6.45) is -0.670. The lowest BCUT2D eigenvalue weighted by Gasteiger charge is -2.29. The summed E-state index contributed by atoms with van der Waals surface area (Å²) in [5, 5.41) is 55.7. The number of para-hydroxylation sites is 1. The maximum atomic E-state index is 15.0. The number of carboxylic acid groups (broad SMARTS) is 2. The van der Waals surface area contributed by atoms with Crippen LogP contribution in [0, 0.1) is 5.92 Å². The second-order valence-corrected chi connectivity index (χ2v) is 26.3. The van der Waals surface area contributed by atoms with Crippen molar-refractivity contribution in [2.45, 2.75) is 209 Å². The molecule has 1 aromatic heterocycles. The van der Waals surface area contributed by atoms with E-state index in [0.717, 1.165) is 0 Å². The maximum Gasteiger partial charge on any atom is 0.326 e. The van der Waals surface area contributed by atoms with Crippen LogP contribution in [0.4, 0.5) is 0 Å². The molecule has 0 aliphatic heterocycles. The highest BCUT2D eigenvalue weighted by molar-refractivity contribution is 7.98. The van der Waals surface area contributed by atoms with Gasteiger partial charge in [-0.3, -0.25) is 72.3 Å². The number of hydrogen-bond acceptors (Lipinski definition) is 21. The Kier molecular flexibility index (Phi) is 41.7. The molecule has 1 heterocycles. The number of aliphatic hydroxyl groups excluding tert-OH is 1. The summed E-state index contributed by atoms with van der Waals surface area (Å²) in [6, 6.07) is -10.6. The van der Waals surface area contributed by atoms with Crippen molar-refractivity contribution in [2.24, 2.45) is 67.5 Å². The van der Waals surface area contributed by atoms with Gasteiger partial charge in [0.1, 0.15) is 60.4 Å². The van der Waals surface area contributed by atoms with Crippen molar-refractivity contribution < 1.29 is 82.4 Å². The molecule has 0 spiro atoms. The number of benzene rings is 1. The molecular formula is C64H108N22O17S. The minimum Gasteiger partial charge on any atom is -0.481 e. The maximum absolute atomic E-state index is 15.0. The molecule has 32 N–H and O–H groups in total. The lowest BCUT2D eigenvalue weighted by atomic mass is 10.00. The van der Waals surface area contributed by atoms with E-state index in [4.69, 9.17) is 51.6 Å². The highest BCUT2D eigenvalue weighted by Crippen LogP contribution is 2.20. The zero-order valence-electron chi connectivity index (χ0n) is 59.2. The SMILES string of the molecule is CSCC[C@H](NC(=O)[C@H](CCC(=O)O)NC(=O)[C@H](CC(N)=O)NC(=O)[C@H](CCC(N)=O)NC(=O)[C@H](Cc1c[nH]c2ccccc12)NC(=O)[C@H](CCCN=C(N)N)NC(=O)[C@H](CC(C)C)NC(=O)[C@@H](NC(=O)[C@@H](N)CCCCN)[C@@H](C)O)C(=O)N[C@@H](CCCN=C(N)N)C(=O)N[C@@H](CCCCN)C(=O)O. The number of carboxylic acids is 2. The Balaban J connectivity index is 2.68. The summed E-state index contributed by atoms with van der Waals surface area (Å²) in [7, 11) is 0. The van der Waals surface area contributed by atoms with E-state index >= 15 is 0 Å². The number of carbonyl (C=O) groups excluding carboxylic acids is 12. The van der Waals surface area contributed by atoms with Crippen molar-refractivity contribution in [3.05, 3.63) is 36.0 Å². The average molecular weight is 1490 g/mol. The third-order valence-corrected chi connectivity index (χ3v) is 16.7. The van der Waals surface area contributed by atoms with E-state index in [1.54, 1.807) is 50.6 Å². The van der Waals surface area contributed by atoms with Crippen LogP contribution in [0.2, 0.25) is 0 Å². The van der Waals surface area contributed by atoms with Crippen LogP contribution in [0.3, 0.4) is 0 Å². The Hall–Kier alpha value is -9.93. The summed E-state index contributed by atoms with van der Waals surface area (Å²) in [4.78, 5) is 203. The number of nitrogens with zero attached hydrogens (tertiary/aromatic N) is 2. The van der Waals surface area contributed by atoms with Crippen molar-refractivity contribution in [1.29, 1.82) is 0 Å². The number of aliphatic imine (C=N–C) groups is 2. The number of primary amides is 2. The normalized spacial score (nSPS) is 14.6. The predicted molar refractivity (Wildman–Crippen MR) is 386 cm³/mol. The molecule has 0 saturated carbocycles. The number of nitrogens with two attached hydrogens (primary N) is 9. The van der Waals surface area contributed by atoms with E-state index in [1.807, 2.05) is 0 Å². The molecule has 12 atom stereocenters. The predicted octanol–water partition coefficient (Wildman–Crippen LogP) is -6.48. The van der Waals surface area contributed by atoms with Crippen molar-refractivity contribution in [3.8, 4) is 0 Å². The number of H-pyrrole nitrogens is 1. The van der Waals surface area contributed by atoms with Crippen molar-refractivity contribution in [3.63, 3.8) is 0 Å². The van der Waals surface area contributed by atoms with Gasteiger partial charge >= 0.3 is 11.9 Å². The molecule has 582 valence electrons. The molecule has 0 radical (unpaired) electrons. The number of rotatable bonds is 53. The fraction of sp³-hybridized carbons (Fsp3) is 0.625. The van der Waals surface area contributed by atoms with E-state index < -0.39 is 187 Å². The monoisotopic (exact) mass is 1490 g/mol. The van der Waals surface area contributed by atoms with Gasteiger partial charge in [0.25, 0.3) is 0 Å². The van der Waals surface area contributed by atoms with E-state index in [1.165, 1.54) is 18.7 Å². The lowest BCUT2D eigenvalue weighted by Crippen LogP contribution is -2.61. The molecule has 0 aliphatic carbocycles. The molecule has 0 saturated heterocycles. The molecule has 1 aromatic carbocycles. The largest absolute Gasteiger partial charge is 0.481 e. The van der Waals surface area contributed by atoms with Crippen LogP contribution >= 0.6 is 11.8 Å². The molecule has 12 amide bonds. The smallest absolute Gasteiger partial charge is 0.326 e. The van der Waals surface area contributed by atoms with Crippen LogP contribution < -0.4 is 105 Å². The van der Waals surface area contributed by atoms with Crippen LogP contribution in [0.5, 0.6) is 0 Å². The van der Waals surface area contributed by atoms with Gasteiger partial charge in [-0.05, 0) is 133 Å². The summed E-state index contributed by atoms with van der Waals surface area (Å²) in [5.41, 5.74) is 51.4. The number of nitrogens with one attached hydrogen (secondary N) is 11. The summed E-state index contributed by atoms with van der Waals surface area (Å²) in [6.45, 7) is 5.23. The third-order valence-electron chi connectivity index (χ3n) is 16.0. The molecule has 39 nitrogen and oxygen atoms in total. The Morgan fingerprint density at radius 2 is 0.904 bits per heavy atom. The van der Waals surface area contributed by atoms with Gasteiger partial charge in [-0.1, -0.05) is 38.5 Å². The van der Waals surface area contributed by atoms with Crippen molar-refractivity contribution in [2.75, 3.05) is 38.2 Å². The van der Waals surface area contributed by atoms with E-state index in [0.29, 0.717) is 48.7 Å². The summed E-state index contributed by atoms with van der Waals surface area (Å²) in [5.74, 6) is -16.1. The number of aromatic amines is 1. The number of amides is 12. The molecular weight excluding hydrogens is 1380 g/mol. The second-order valence-electron chi connectivity index (χ2n) is 25.3. The van der Waals surface area contributed by atoms with Gasteiger partial charge in [0.2, 0.25) is 70.9 Å². The average Bonchev–Trinajstić information content (AvgIpc) is 1.63. The first-order valence-corrected chi connectivity index (χ1v) is 35.6. The number of fused-ring (bicyclic) bond motifs is 1. The highest BCUT2D eigenvalue weighted by Gasteiger charge is 2.38. The lowest BCUT2D eigenvalue weighted by molar-refractivity contribution is -0.142. The summed E-state index contributed by atoms with van der Waals surface area (Å²) >= 11 is 1.24. The number of unbranched alkanes of at least 4 members (excludes halogenated alkanes) is 2. The van der Waals surface area contributed by atoms with Gasteiger partial charge in [0, 0.05) is 49.5 Å². The third kappa shape index (κ3) is 34.8. The molecule has 0 bridgehead atoms. The minimum absolute atomic E-state index is 0.00698. The van der Waals surface area contributed by atoms with E-state index in [2.05, 4.69) is 68.1 Å². The molecule has 2 rings (SSSR count). The van der Waals surface area contributed by atoms with Gasteiger partial charge in [-0.2, -0.15) is 11.8 Å². The Morgan fingerprint density at radius 1 is 0.481 bits per heavy atom. The van der Waals surface area contributed by atoms with Gasteiger partial charge in [0.15, 0.2) is 11.9 Å². The standard InChI is InChI=1S/C64H108N22O17S/c1-33(2)29-45(85-61(101)51(34(3)87)86-52(92)37(67)14-7-9-24-65)58(98)78-40(18-12-27-75-64(72)73)54(94)83-46(30-35-32-76-38-15-6-5-13-36(35)38)59(99)79-41(19-21-48(68)88)56(96)84-47(31-49(69)89)60(100)80-42(20-22-50(90)91)55(95)81-43(23-28-104-4)57(97)77-39(17-11-26-74-63(70)71)53(93)82-44(62(102)103)16-8-10-25-66/h5-6,13,15,32-34,37,39-47,51,76,87H,7-12,14,16-31,65-67H2,1-4H3,(H2,68,88)(H2,69,89)(H,77,97)(H,78,98)(H,79,99)(H,80,100)(H,81,95)(H,82,93)(H,83,94)(H,84,96)(H,85,101)(H,86,92)(H,90,91)(H,102,103)(H4,70,71,74)(H4,72,73,75)/t34-,37+,39+,40+,41+,42+,43+,44+,45+,46+,47+,51+/m1/s1.